The SMILES string of the molecule is C[C@@H](NCc1csnn1)[C@H]1CCCN(C2CCC2)C1. The van der Waals surface area contributed by atoms with Gasteiger partial charge in [0.15, 0.2) is 0 Å². The van der Waals surface area contributed by atoms with Crippen LogP contribution in [0.1, 0.15) is 44.7 Å². The minimum atomic E-state index is 0.574. The Balaban J connectivity index is 1.47. The van der Waals surface area contributed by atoms with Crippen molar-refractivity contribution in [1.82, 2.24) is 19.8 Å². The van der Waals surface area contributed by atoms with Gasteiger partial charge in [0.05, 0.1) is 5.69 Å². The molecule has 0 spiro atoms. The Hall–Kier alpha value is -0.520. The van der Waals surface area contributed by atoms with Crippen molar-refractivity contribution in [2.45, 2.75) is 57.7 Å². The van der Waals surface area contributed by atoms with Crippen LogP contribution in [0.5, 0.6) is 0 Å². The number of aromatic nitrogens is 2. The molecule has 1 saturated heterocycles. The molecule has 1 aromatic rings. The lowest BCUT2D eigenvalue weighted by atomic mass is 9.85. The summed E-state index contributed by atoms with van der Waals surface area (Å²) in [6.45, 7) is 5.80. The lowest BCUT2D eigenvalue weighted by Crippen LogP contribution is -2.49. The van der Waals surface area contributed by atoms with Crippen LogP contribution in [0.15, 0.2) is 5.38 Å². The molecule has 3 rings (SSSR count). The summed E-state index contributed by atoms with van der Waals surface area (Å²) in [6, 6.07) is 1.47. The van der Waals surface area contributed by atoms with Crippen molar-refractivity contribution >= 4 is 11.5 Å². The second-order valence-electron chi connectivity index (χ2n) is 6.05. The van der Waals surface area contributed by atoms with Gasteiger partial charge in [0.25, 0.3) is 0 Å². The van der Waals surface area contributed by atoms with Crippen molar-refractivity contribution in [3.8, 4) is 0 Å². The Morgan fingerprint density at radius 1 is 1.42 bits per heavy atom. The van der Waals surface area contributed by atoms with E-state index in [2.05, 4.69) is 26.7 Å². The van der Waals surface area contributed by atoms with E-state index in [0.717, 1.165) is 24.2 Å². The fourth-order valence-corrected chi connectivity index (χ4v) is 3.68. The van der Waals surface area contributed by atoms with Gasteiger partial charge in [0.2, 0.25) is 0 Å². The summed E-state index contributed by atoms with van der Waals surface area (Å²) < 4.78 is 3.91. The first-order valence-corrected chi connectivity index (χ1v) is 8.40. The highest BCUT2D eigenvalue weighted by Crippen LogP contribution is 2.30. The van der Waals surface area contributed by atoms with Gasteiger partial charge in [0.1, 0.15) is 0 Å². The minimum Gasteiger partial charge on any atom is -0.308 e. The molecule has 4 nitrogen and oxygen atoms in total. The molecule has 19 heavy (non-hydrogen) atoms. The Kier molecular flexibility index (Phi) is 4.45. The molecule has 0 bridgehead atoms. The summed E-state index contributed by atoms with van der Waals surface area (Å²) in [5.41, 5.74) is 1.07. The van der Waals surface area contributed by atoms with Gasteiger partial charge in [0, 0.05) is 30.6 Å². The molecule has 2 fully saturated rings. The van der Waals surface area contributed by atoms with Crippen LogP contribution in [-0.4, -0.2) is 39.7 Å². The first-order chi connectivity index (χ1) is 9.33. The zero-order valence-electron chi connectivity index (χ0n) is 11.7. The minimum absolute atomic E-state index is 0.574. The normalized spacial score (nSPS) is 27.1. The van der Waals surface area contributed by atoms with Crippen LogP contribution in [0.25, 0.3) is 0 Å². The van der Waals surface area contributed by atoms with E-state index >= 15 is 0 Å². The number of rotatable bonds is 5. The zero-order valence-corrected chi connectivity index (χ0v) is 12.5. The molecule has 1 saturated carbocycles. The van der Waals surface area contributed by atoms with Gasteiger partial charge in [-0.1, -0.05) is 10.9 Å². The van der Waals surface area contributed by atoms with E-state index in [4.69, 9.17) is 0 Å². The molecule has 2 aliphatic rings. The van der Waals surface area contributed by atoms with Gasteiger partial charge >= 0.3 is 0 Å². The van der Waals surface area contributed by atoms with Crippen LogP contribution >= 0.6 is 11.5 Å². The second-order valence-corrected chi connectivity index (χ2v) is 6.66. The topological polar surface area (TPSA) is 41.1 Å². The Labute approximate surface area is 119 Å². The molecule has 1 aromatic heterocycles. The molecule has 2 atom stereocenters. The maximum absolute atomic E-state index is 4.09. The Morgan fingerprint density at radius 3 is 3.00 bits per heavy atom. The third-order valence-corrected chi connectivity index (χ3v) is 5.35. The number of likely N-dealkylation sites (tertiary alicyclic amines) is 1. The van der Waals surface area contributed by atoms with Crippen molar-refractivity contribution in [3.63, 3.8) is 0 Å². The molecule has 0 amide bonds. The highest BCUT2D eigenvalue weighted by atomic mass is 32.1. The Bertz CT molecular complexity index is 377. The van der Waals surface area contributed by atoms with Crippen LogP contribution in [0.3, 0.4) is 0 Å². The zero-order chi connectivity index (χ0) is 13.1. The molecule has 1 aliphatic heterocycles. The van der Waals surface area contributed by atoms with Crippen LogP contribution < -0.4 is 5.32 Å². The van der Waals surface area contributed by atoms with Crippen LogP contribution in [0, 0.1) is 5.92 Å². The molecular formula is C14H24N4S. The summed E-state index contributed by atoms with van der Waals surface area (Å²) in [5.74, 6) is 0.793. The third-order valence-electron chi connectivity index (χ3n) is 4.80. The summed E-state index contributed by atoms with van der Waals surface area (Å²) in [6.07, 6.45) is 7.03. The largest absolute Gasteiger partial charge is 0.308 e. The van der Waals surface area contributed by atoms with Crippen molar-refractivity contribution in [1.29, 1.82) is 0 Å². The van der Waals surface area contributed by atoms with Crippen LogP contribution in [0.2, 0.25) is 0 Å². The van der Waals surface area contributed by atoms with Gasteiger partial charge in [-0.25, -0.2) is 0 Å². The van der Waals surface area contributed by atoms with E-state index in [0.29, 0.717) is 6.04 Å². The predicted octanol–water partition coefficient (Wildman–Crippen LogP) is 2.28. The van der Waals surface area contributed by atoms with E-state index in [1.54, 1.807) is 0 Å². The molecule has 1 aliphatic carbocycles. The highest BCUT2D eigenvalue weighted by Gasteiger charge is 2.31. The fourth-order valence-electron chi connectivity index (χ4n) is 3.23. The monoisotopic (exact) mass is 280 g/mol. The molecule has 1 N–H and O–H groups in total. The van der Waals surface area contributed by atoms with Gasteiger partial charge in [-0.05, 0) is 56.6 Å². The maximum Gasteiger partial charge on any atom is 0.0893 e. The highest BCUT2D eigenvalue weighted by molar-refractivity contribution is 7.03. The third kappa shape index (κ3) is 3.33. The summed E-state index contributed by atoms with van der Waals surface area (Å²) in [7, 11) is 0. The molecule has 0 radical (unpaired) electrons. The first-order valence-electron chi connectivity index (χ1n) is 7.56. The van der Waals surface area contributed by atoms with Crippen molar-refractivity contribution < 1.29 is 0 Å². The van der Waals surface area contributed by atoms with Gasteiger partial charge in [-0.2, -0.15) is 0 Å². The number of piperidine rings is 1. The average Bonchev–Trinajstić information content (AvgIpc) is 2.87. The summed E-state index contributed by atoms with van der Waals surface area (Å²) in [4.78, 5) is 2.74. The standard InChI is InChI=1S/C14H24N4S/c1-11(15-8-13-10-19-17-16-13)12-4-3-7-18(9-12)14-5-2-6-14/h10-12,14-15H,2-9H2,1H3/t11-,12+/m1/s1. The summed E-state index contributed by atoms with van der Waals surface area (Å²) in [5, 5.41) is 9.75. The maximum atomic E-state index is 4.09. The van der Waals surface area contributed by atoms with Gasteiger partial charge < -0.3 is 10.2 Å². The van der Waals surface area contributed by atoms with E-state index in [1.165, 1.54) is 56.7 Å². The quantitative estimate of drug-likeness (QED) is 0.898. The average molecular weight is 280 g/mol. The smallest absolute Gasteiger partial charge is 0.0893 e. The fraction of sp³-hybridized carbons (Fsp3) is 0.857. The molecular weight excluding hydrogens is 256 g/mol. The number of hydrogen-bond acceptors (Lipinski definition) is 5. The molecule has 2 heterocycles. The lowest BCUT2D eigenvalue weighted by molar-refractivity contribution is 0.0665. The molecule has 106 valence electrons. The van der Waals surface area contributed by atoms with E-state index < -0.39 is 0 Å². The van der Waals surface area contributed by atoms with Crippen molar-refractivity contribution in [3.05, 3.63) is 11.1 Å². The van der Waals surface area contributed by atoms with Crippen LogP contribution in [0.4, 0.5) is 0 Å². The second kappa shape index (κ2) is 6.29. The molecule has 0 aromatic carbocycles. The molecule has 5 heteroatoms. The number of hydrogen-bond donors (Lipinski definition) is 1. The molecule has 0 unspecified atom stereocenters. The number of nitrogens with one attached hydrogen (secondary N) is 1. The van der Waals surface area contributed by atoms with Crippen molar-refractivity contribution in [2.24, 2.45) is 5.92 Å². The number of nitrogens with zero attached hydrogens (tertiary/aromatic N) is 3. The van der Waals surface area contributed by atoms with Crippen molar-refractivity contribution in [2.75, 3.05) is 13.1 Å². The van der Waals surface area contributed by atoms with Gasteiger partial charge in [-0.15, -0.1) is 5.10 Å². The van der Waals surface area contributed by atoms with E-state index in [-0.39, 0.29) is 0 Å². The predicted molar refractivity (Wildman–Crippen MR) is 78.1 cm³/mol. The van der Waals surface area contributed by atoms with Crippen LogP contribution in [-0.2, 0) is 6.54 Å². The van der Waals surface area contributed by atoms with Gasteiger partial charge in [-0.3, -0.25) is 0 Å². The Morgan fingerprint density at radius 2 is 2.32 bits per heavy atom. The first kappa shape index (κ1) is 13.5. The lowest BCUT2D eigenvalue weighted by Gasteiger charge is -2.44. The van der Waals surface area contributed by atoms with E-state index in [9.17, 15) is 0 Å². The summed E-state index contributed by atoms with van der Waals surface area (Å²) >= 11 is 1.43. The van der Waals surface area contributed by atoms with E-state index in [1.807, 2.05) is 5.38 Å².